The van der Waals surface area contributed by atoms with Crippen molar-refractivity contribution in [3.05, 3.63) is 57.5 Å². The Morgan fingerprint density at radius 1 is 1.36 bits per heavy atom. The first kappa shape index (κ1) is 19.6. The van der Waals surface area contributed by atoms with Crippen molar-refractivity contribution in [2.24, 2.45) is 0 Å². The second kappa shape index (κ2) is 8.72. The minimum atomic E-state index is -0.354. The molecule has 0 radical (unpaired) electrons. The largest absolute Gasteiger partial charge is 0.450 e. The molecule has 1 aliphatic heterocycles. The maximum absolute atomic E-state index is 12.6. The fraction of sp³-hybridized carbons (Fsp3) is 0.286. The molecule has 6 nitrogen and oxygen atoms in total. The van der Waals surface area contributed by atoms with Crippen LogP contribution in [-0.2, 0) is 22.5 Å². The van der Waals surface area contributed by atoms with E-state index in [9.17, 15) is 14.9 Å². The number of carbonyl (C=O) groups excluding carboxylic acids is 2. The van der Waals surface area contributed by atoms with Crippen LogP contribution in [0.2, 0.25) is 0 Å². The van der Waals surface area contributed by atoms with E-state index in [1.54, 1.807) is 24.8 Å². The first-order valence-corrected chi connectivity index (χ1v) is 9.86. The first-order chi connectivity index (χ1) is 13.5. The smallest absolute Gasteiger partial charge is 0.410 e. The van der Waals surface area contributed by atoms with Gasteiger partial charge >= 0.3 is 6.09 Å². The summed E-state index contributed by atoms with van der Waals surface area (Å²) in [6.07, 6.45) is 2.02. The molecule has 1 aliphatic rings. The van der Waals surface area contributed by atoms with Gasteiger partial charge in [0.25, 0.3) is 5.91 Å². The zero-order chi connectivity index (χ0) is 20.1. The van der Waals surface area contributed by atoms with Crippen molar-refractivity contribution in [1.82, 2.24) is 4.90 Å². The number of thiophene rings is 1. The van der Waals surface area contributed by atoms with Crippen LogP contribution in [0.4, 0.5) is 9.80 Å². The third-order valence-corrected chi connectivity index (χ3v) is 5.59. The van der Waals surface area contributed by atoms with E-state index in [0.717, 1.165) is 16.0 Å². The fourth-order valence-electron chi connectivity index (χ4n) is 3.05. The Morgan fingerprint density at radius 3 is 2.79 bits per heavy atom. The van der Waals surface area contributed by atoms with E-state index in [0.29, 0.717) is 42.3 Å². The zero-order valence-electron chi connectivity index (χ0n) is 15.8. The molecule has 2 aromatic rings. The van der Waals surface area contributed by atoms with Crippen LogP contribution in [0.5, 0.6) is 0 Å². The number of nitriles is 1. The predicted molar refractivity (Wildman–Crippen MR) is 109 cm³/mol. The highest BCUT2D eigenvalue weighted by molar-refractivity contribution is 7.16. The van der Waals surface area contributed by atoms with Crippen LogP contribution in [0.1, 0.15) is 35.4 Å². The summed E-state index contributed by atoms with van der Waals surface area (Å²) >= 11 is 1.35. The highest BCUT2D eigenvalue weighted by Gasteiger charge is 2.28. The summed E-state index contributed by atoms with van der Waals surface area (Å²) in [4.78, 5) is 27.1. The molecule has 1 N–H and O–H groups in total. The van der Waals surface area contributed by atoms with Gasteiger partial charge in [-0.15, -0.1) is 11.3 Å². The Hall–Kier alpha value is -3.11. The lowest BCUT2D eigenvalue weighted by Gasteiger charge is -2.25. The second-order valence-corrected chi connectivity index (χ2v) is 7.49. The minimum Gasteiger partial charge on any atom is -0.450 e. The molecule has 2 heterocycles. The number of anilines is 1. The zero-order valence-corrected chi connectivity index (χ0v) is 16.6. The van der Waals surface area contributed by atoms with E-state index in [1.165, 1.54) is 11.3 Å². The molecule has 0 saturated heterocycles. The lowest BCUT2D eigenvalue weighted by Crippen LogP contribution is -2.35. The number of hydrogen-bond donors (Lipinski definition) is 1. The summed E-state index contributed by atoms with van der Waals surface area (Å²) in [6, 6.07) is 11.8. The van der Waals surface area contributed by atoms with Crippen molar-refractivity contribution in [2.75, 3.05) is 18.5 Å². The molecule has 1 aromatic carbocycles. The molecule has 0 fully saturated rings. The Bertz CT molecular complexity index is 957. The van der Waals surface area contributed by atoms with Crippen molar-refractivity contribution < 1.29 is 14.3 Å². The molecule has 2 amide bonds. The van der Waals surface area contributed by atoms with Gasteiger partial charge in [-0.3, -0.25) is 4.79 Å². The molecule has 0 bridgehead atoms. The van der Waals surface area contributed by atoms with Crippen LogP contribution in [0.3, 0.4) is 0 Å². The van der Waals surface area contributed by atoms with E-state index in [4.69, 9.17) is 4.74 Å². The molecule has 0 spiro atoms. The molecule has 0 saturated carbocycles. The van der Waals surface area contributed by atoms with Gasteiger partial charge in [0, 0.05) is 17.0 Å². The van der Waals surface area contributed by atoms with Gasteiger partial charge in [0.15, 0.2) is 0 Å². The minimum absolute atomic E-state index is 0.249. The molecule has 7 heteroatoms. The summed E-state index contributed by atoms with van der Waals surface area (Å²) in [6.45, 7) is 4.72. The molecule has 28 heavy (non-hydrogen) atoms. The highest BCUT2D eigenvalue weighted by atomic mass is 32.1. The first-order valence-electron chi connectivity index (χ1n) is 9.04. The van der Waals surface area contributed by atoms with Gasteiger partial charge in [0.05, 0.1) is 18.7 Å². The lowest BCUT2D eigenvalue weighted by atomic mass is 10.0. The third-order valence-electron chi connectivity index (χ3n) is 4.46. The van der Waals surface area contributed by atoms with E-state index in [1.807, 2.05) is 30.3 Å². The van der Waals surface area contributed by atoms with E-state index in [-0.39, 0.29) is 12.0 Å². The highest BCUT2D eigenvalue weighted by Crippen LogP contribution is 2.37. The van der Waals surface area contributed by atoms with Gasteiger partial charge < -0.3 is 15.0 Å². The van der Waals surface area contributed by atoms with Crippen molar-refractivity contribution in [3.63, 3.8) is 0 Å². The van der Waals surface area contributed by atoms with E-state index in [2.05, 4.69) is 11.4 Å². The number of amides is 2. The van der Waals surface area contributed by atoms with Crippen molar-refractivity contribution in [1.29, 1.82) is 5.26 Å². The molecule has 1 aromatic heterocycles. The molecule has 3 rings (SSSR count). The van der Waals surface area contributed by atoms with Crippen LogP contribution < -0.4 is 5.32 Å². The van der Waals surface area contributed by atoms with Gasteiger partial charge in [0.2, 0.25) is 0 Å². The van der Waals surface area contributed by atoms with Gasteiger partial charge in [-0.25, -0.2) is 4.79 Å². The summed E-state index contributed by atoms with van der Waals surface area (Å²) < 4.78 is 5.06. The maximum atomic E-state index is 12.6. The van der Waals surface area contributed by atoms with E-state index < -0.39 is 0 Å². The van der Waals surface area contributed by atoms with Crippen LogP contribution in [0.25, 0.3) is 6.08 Å². The number of rotatable bonds is 4. The number of ether oxygens (including phenoxy) is 1. The Kier molecular flexibility index (Phi) is 6.12. The van der Waals surface area contributed by atoms with Crippen LogP contribution >= 0.6 is 11.3 Å². The molecule has 0 aliphatic carbocycles. The molecule has 0 atom stereocenters. The number of carbonyl (C=O) groups is 2. The van der Waals surface area contributed by atoms with E-state index >= 15 is 0 Å². The maximum Gasteiger partial charge on any atom is 0.410 e. The predicted octanol–water partition coefficient (Wildman–Crippen LogP) is 4.18. The average Bonchev–Trinajstić information content (AvgIpc) is 3.04. The van der Waals surface area contributed by atoms with Gasteiger partial charge in [-0.2, -0.15) is 5.26 Å². The molecular weight excluding hydrogens is 374 g/mol. The monoisotopic (exact) mass is 395 g/mol. The summed E-state index contributed by atoms with van der Waals surface area (Å²) in [5, 5.41) is 13.0. The summed E-state index contributed by atoms with van der Waals surface area (Å²) in [7, 11) is 0. The normalized spacial score (nSPS) is 13.5. The van der Waals surface area contributed by atoms with Crippen molar-refractivity contribution in [2.45, 2.75) is 26.8 Å². The topological polar surface area (TPSA) is 82.4 Å². The van der Waals surface area contributed by atoms with Gasteiger partial charge in [0.1, 0.15) is 11.1 Å². The number of benzene rings is 1. The Balaban J connectivity index is 1.78. The van der Waals surface area contributed by atoms with Crippen molar-refractivity contribution >= 4 is 34.4 Å². The summed E-state index contributed by atoms with van der Waals surface area (Å²) in [5.41, 5.74) is 2.89. The number of fused-ring (bicyclic) bond motifs is 1. The van der Waals surface area contributed by atoms with Crippen LogP contribution in [0.15, 0.2) is 35.9 Å². The van der Waals surface area contributed by atoms with Gasteiger partial charge in [-0.05, 0) is 37.5 Å². The standard InChI is InChI=1S/C21H21N3O3S/c1-3-27-21(26)24-10-9-16-17(12-22)20(28-18(16)13-24)23-19(25)14(2)11-15-7-5-4-6-8-15/h4-8,11H,3,9-10,13H2,1-2H3,(H,23,25)/b14-11+. The average molecular weight is 395 g/mol. The van der Waals surface area contributed by atoms with Crippen LogP contribution in [-0.4, -0.2) is 30.1 Å². The quantitative estimate of drug-likeness (QED) is 0.788. The van der Waals surface area contributed by atoms with Crippen LogP contribution in [0, 0.1) is 11.3 Å². The molecular formula is C21H21N3O3S. The fourth-order valence-corrected chi connectivity index (χ4v) is 4.26. The molecule has 144 valence electrons. The van der Waals surface area contributed by atoms with Gasteiger partial charge in [-0.1, -0.05) is 30.3 Å². The number of nitrogens with one attached hydrogen (secondary N) is 1. The lowest BCUT2D eigenvalue weighted by molar-refractivity contribution is -0.112. The number of nitrogens with zero attached hydrogens (tertiary/aromatic N) is 2. The van der Waals surface area contributed by atoms with Crippen molar-refractivity contribution in [3.8, 4) is 6.07 Å². The number of hydrogen-bond acceptors (Lipinski definition) is 5. The summed E-state index contributed by atoms with van der Waals surface area (Å²) in [5.74, 6) is -0.249. The Labute approximate surface area is 168 Å². The second-order valence-electron chi connectivity index (χ2n) is 6.38. The third kappa shape index (κ3) is 4.24. The molecule has 0 unspecified atom stereocenters. The SMILES string of the molecule is CCOC(=O)N1CCc2c(sc(NC(=O)/C(C)=C/c3ccccc3)c2C#N)C1. The Morgan fingerprint density at radius 2 is 2.11 bits per heavy atom.